The predicted octanol–water partition coefficient (Wildman–Crippen LogP) is 3.83. The molecule has 0 saturated heterocycles. The van der Waals surface area contributed by atoms with Crippen molar-refractivity contribution in [2.24, 2.45) is 5.92 Å². The second kappa shape index (κ2) is 10.7. The molecule has 1 N–H and O–H groups in total. The largest absolute Gasteiger partial charge is 0.369 e. The van der Waals surface area contributed by atoms with Crippen LogP contribution >= 0.6 is 0 Å². The molecule has 1 aromatic rings. The van der Waals surface area contributed by atoms with Crippen LogP contribution in [-0.4, -0.2) is 25.5 Å². The van der Waals surface area contributed by atoms with Gasteiger partial charge in [-0.05, 0) is 30.5 Å². The molecule has 1 atom stereocenters. The van der Waals surface area contributed by atoms with Gasteiger partial charge in [0.1, 0.15) is 6.61 Å². The summed E-state index contributed by atoms with van der Waals surface area (Å²) < 4.78 is 5.57. The zero-order valence-corrected chi connectivity index (χ0v) is 14.4. The molecule has 3 heteroatoms. The first-order valence-electron chi connectivity index (χ1n) is 8.63. The van der Waals surface area contributed by atoms with Crippen molar-refractivity contribution in [3.63, 3.8) is 0 Å². The Balaban J connectivity index is 1.57. The van der Waals surface area contributed by atoms with Crippen LogP contribution in [0.15, 0.2) is 66.3 Å². The summed E-state index contributed by atoms with van der Waals surface area (Å²) in [5.74, 6) is 0.196. The molecule has 24 heavy (non-hydrogen) atoms. The molecule has 0 fully saturated rings. The molecular weight excluding hydrogens is 298 g/mol. The number of nitrogens with one attached hydrogen (secondary N) is 1. The molecule has 1 aliphatic rings. The molecule has 1 aliphatic carbocycles. The minimum absolute atomic E-state index is 0.0218. The van der Waals surface area contributed by atoms with E-state index in [1.807, 2.05) is 43.4 Å². The number of allylic oxidation sites excluding steroid dienone is 4. The summed E-state index contributed by atoms with van der Waals surface area (Å²) in [5, 5.41) is 3.38. The van der Waals surface area contributed by atoms with E-state index in [1.165, 1.54) is 5.56 Å². The van der Waals surface area contributed by atoms with Gasteiger partial charge in [-0.1, -0.05) is 67.6 Å². The molecule has 0 aliphatic heterocycles. The summed E-state index contributed by atoms with van der Waals surface area (Å²) in [7, 11) is 0. The van der Waals surface area contributed by atoms with E-state index in [0.717, 1.165) is 31.5 Å². The topological polar surface area (TPSA) is 38.3 Å². The average Bonchev–Trinajstić information content (AvgIpc) is 2.88. The quantitative estimate of drug-likeness (QED) is 0.664. The minimum atomic E-state index is 0.0218. The lowest BCUT2D eigenvalue weighted by molar-refractivity contribution is -0.126. The molecule has 0 amide bonds. The number of Topliss-reactive ketones (excluding diaryl/α,β-unsaturated/α-hetero) is 1. The monoisotopic (exact) mass is 325 g/mol. The van der Waals surface area contributed by atoms with E-state index in [0.29, 0.717) is 6.61 Å². The SMILES string of the molecule is CC(CCNCc1ccccc1)C(=O)COCC1=CCC=CC=C1. The fourth-order valence-electron chi connectivity index (χ4n) is 2.45. The average molecular weight is 325 g/mol. The van der Waals surface area contributed by atoms with E-state index < -0.39 is 0 Å². The van der Waals surface area contributed by atoms with E-state index in [4.69, 9.17) is 4.74 Å². The van der Waals surface area contributed by atoms with Crippen LogP contribution in [0.25, 0.3) is 0 Å². The van der Waals surface area contributed by atoms with E-state index >= 15 is 0 Å². The molecular formula is C21H27NO2. The fraction of sp³-hybridized carbons (Fsp3) is 0.381. The minimum Gasteiger partial charge on any atom is -0.369 e. The van der Waals surface area contributed by atoms with Gasteiger partial charge in [0.25, 0.3) is 0 Å². The number of ether oxygens (including phenoxy) is 1. The number of carbonyl (C=O) groups is 1. The molecule has 2 rings (SSSR count). The van der Waals surface area contributed by atoms with Crippen molar-refractivity contribution in [3.8, 4) is 0 Å². The number of benzene rings is 1. The van der Waals surface area contributed by atoms with Crippen LogP contribution in [-0.2, 0) is 16.1 Å². The van der Waals surface area contributed by atoms with Crippen LogP contribution in [0.4, 0.5) is 0 Å². The van der Waals surface area contributed by atoms with Crippen LogP contribution in [0.5, 0.6) is 0 Å². The first-order valence-corrected chi connectivity index (χ1v) is 8.63. The normalized spacial score (nSPS) is 15.0. The van der Waals surface area contributed by atoms with Gasteiger partial charge in [-0.3, -0.25) is 4.79 Å². The second-order valence-electron chi connectivity index (χ2n) is 6.11. The van der Waals surface area contributed by atoms with Gasteiger partial charge in [-0.25, -0.2) is 0 Å². The van der Waals surface area contributed by atoms with Crippen LogP contribution in [0.1, 0.15) is 25.3 Å². The zero-order valence-electron chi connectivity index (χ0n) is 14.4. The van der Waals surface area contributed by atoms with Crippen molar-refractivity contribution >= 4 is 5.78 Å². The maximum absolute atomic E-state index is 12.1. The van der Waals surface area contributed by atoms with Gasteiger partial charge < -0.3 is 10.1 Å². The third-order valence-corrected chi connectivity index (χ3v) is 4.06. The Morgan fingerprint density at radius 2 is 2.08 bits per heavy atom. The molecule has 1 unspecified atom stereocenters. The maximum atomic E-state index is 12.1. The molecule has 0 radical (unpaired) electrons. The van der Waals surface area contributed by atoms with Crippen molar-refractivity contribution in [1.82, 2.24) is 5.32 Å². The predicted molar refractivity (Wildman–Crippen MR) is 98.7 cm³/mol. The van der Waals surface area contributed by atoms with Gasteiger partial charge in [-0.15, -0.1) is 0 Å². The highest BCUT2D eigenvalue weighted by Gasteiger charge is 2.12. The Labute approximate surface area is 145 Å². The first kappa shape index (κ1) is 18.4. The number of hydrogen-bond donors (Lipinski definition) is 1. The maximum Gasteiger partial charge on any atom is 0.161 e. The van der Waals surface area contributed by atoms with Crippen molar-refractivity contribution < 1.29 is 9.53 Å². The van der Waals surface area contributed by atoms with Gasteiger partial charge in [0.2, 0.25) is 0 Å². The van der Waals surface area contributed by atoms with Crippen LogP contribution in [0.3, 0.4) is 0 Å². The second-order valence-corrected chi connectivity index (χ2v) is 6.11. The molecule has 0 spiro atoms. The van der Waals surface area contributed by atoms with Crippen molar-refractivity contribution in [2.45, 2.75) is 26.3 Å². The molecule has 0 heterocycles. The standard InChI is InChI=1S/C21H27NO2/c1-18(13-14-22-15-19-9-7-4-8-10-19)21(23)17-24-16-20-11-5-2-3-6-12-20/h2-5,7-12,18,22H,6,13-17H2,1H3. The van der Waals surface area contributed by atoms with Gasteiger partial charge in [0, 0.05) is 12.5 Å². The van der Waals surface area contributed by atoms with Gasteiger partial charge in [-0.2, -0.15) is 0 Å². The van der Waals surface area contributed by atoms with Gasteiger partial charge in [0.15, 0.2) is 5.78 Å². The summed E-state index contributed by atoms with van der Waals surface area (Å²) in [6.07, 6.45) is 12.0. The molecule has 3 nitrogen and oxygen atoms in total. The zero-order chi connectivity index (χ0) is 17.0. The molecule has 1 aromatic carbocycles. The first-order chi connectivity index (χ1) is 11.8. The van der Waals surface area contributed by atoms with Crippen LogP contribution in [0, 0.1) is 5.92 Å². The van der Waals surface area contributed by atoms with Gasteiger partial charge in [0.05, 0.1) is 6.61 Å². The lowest BCUT2D eigenvalue weighted by Gasteiger charge is -2.12. The Hall–Kier alpha value is -1.97. The number of carbonyl (C=O) groups excluding carboxylic acids is 1. The summed E-state index contributed by atoms with van der Waals surface area (Å²) >= 11 is 0. The summed E-state index contributed by atoms with van der Waals surface area (Å²) in [4.78, 5) is 12.1. The Morgan fingerprint density at radius 3 is 2.92 bits per heavy atom. The highest BCUT2D eigenvalue weighted by molar-refractivity contribution is 5.81. The third kappa shape index (κ3) is 7.07. The Morgan fingerprint density at radius 1 is 1.25 bits per heavy atom. The van der Waals surface area contributed by atoms with Crippen molar-refractivity contribution in [2.75, 3.05) is 19.8 Å². The van der Waals surface area contributed by atoms with E-state index in [-0.39, 0.29) is 18.3 Å². The number of hydrogen-bond acceptors (Lipinski definition) is 3. The van der Waals surface area contributed by atoms with Crippen LogP contribution in [0.2, 0.25) is 0 Å². The summed E-state index contributed by atoms with van der Waals surface area (Å²) in [6.45, 7) is 4.35. The van der Waals surface area contributed by atoms with Crippen molar-refractivity contribution in [3.05, 3.63) is 71.8 Å². The number of ketones is 1. The lowest BCUT2D eigenvalue weighted by atomic mass is 10.0. The molecule has 0 aromatic heterocycles. The Bertz CT molecular complexity index is 587. The highest BCUT2D eigenvalue weighted by atomic mass is 16.5. The van der Waals surface area contributed by atoms with E-state index in [9.17, 15) is 4.79 Å². The smallest absolute Gasteiger partial charge is 0.161 e. The lowest BCUT2D eigenvalue weighted by Crippen LogP contribution is -2.23. The van der Waals surface area contributed by atoms with E-state index in [1.54, 1.807) is 0 Å². The molecule has 0 bridgehead atoms. The Kier molecular flexibility index (Phi) is 8.22. The summed E-state index contributed by atoms with van der Waals surface area (Å²) in [5.41, 5.74) is 2.39. The molecule has 128 valence electrons. The summed E-state index contributed by atoms with van der Waals surface area (Å²) in [6, 6.07) is 10.3. The number of rotatable bonds is 10. The third-order valence-electron chi connectivity index (χ3n) is 4.06. The highest BCUT2D eigenvalue weighted by Crippen LogP contribution is 2.07. The van der Waals surface area contributed by atoms with Gasteiger partial charge >= 0.3 is 0 Å². The van der Waals surface area contributed by atoms with Crippen LogP contribution < -0.4 is 5.32 Å². The van der Waals surface area contributed by atoms with Crippen molar-refractivity contribution in [1.29, 1.82) is 0 Å². The van der Waals surface area contributed by atoms with E-state index in [2.05, 4.69) is 29.6 Å². The molecule has 0 saturated carbocycles. The fourth-order valence-corrected chi connectivity index (χ4v) is 2.45.